The van der Waals surface area contributed by atoms with E-state index in [1.807, 2.05) is 0 Å². The summed E-state index contributed by atoms with van der Waals surface area (Å²) in [5, 5.41) is 10.8. The number of thioether (sulfide) groups is 1. The van der Waals surface area contributed by atoms with Gasteiger partial charge in [-0.1, -0.05) is 11.8 Å². The number of amides is 1. The third-order valence-corrected chi connectivity index (χ3v) is 3.01. The number of aromatic nitrogens is 3. The van der Waals surface area contributed by atoms with Gasteiger partial charge in [0, 0.05) is 6.04 Å². The fourth-order valence-electron chi connectivity index (χ4n) is 1.10. The summed E-state index contributed by atoms with van der Waals surface area (Å²) in [6.07, 6.45) is 2.15. The van der Waals surface area contributed by atoms with Crippen molar-refractivity contribution in [3.63, 3.8) is 0 Å². The Kier molecular flexibility index (Phi) is 3.15. The highest BCUT2D eigenvalue weighted by molar-refractivity contribution is 7.99. The van der Waals surface area contributed by atoms with Crippen LogP contribution in [-0.2, 0) is 4.79 Å². The molecule has 2 rings (SSSR count). The zero-order chi connectivity index (χ0) is 11.5. The molecule has 1 aromatic rings. The zero-order valence-corrected chi connectivity index (χ0v) is 9.33. The van der Waals surface area contributed by atoms with Crippen LogP contribution in [0.15, 0.2) is 5.16 Å². The molecule has 0 saturated heterocycles. The predicted octanol–water partition coefficient (Wildman–Crippen LogP) is -1.35. The van der Waals surface area contributed by atoms with Crippen LogP contribution in [0.4, 0.5) is 5.95 Å². The standard InChI is InChI=1S/C7H13N7OS/c8-11-6-12-13-7(14(6)9)16-3-5(15)10-4-1-2-4/h4H,1-3,8-9H2,(H,10,15)(H,11,12). The molecule has 0 bridgehead atoms. The van der Waals surface area contributed by atoms with Gasteiger partial charge in [-0.05, 0) is 12.8 Å². The van der Waals surface area contributed by atoms with E-state index in [1.165, 1.54) is 16.4 Å². The van der Waals surface area contributed by atoms with Crippen molar-refractivity contribution in [3.8, 4) is 0 Å². The lowest BCUT2D eigenvalue weighted by atomic mass is 10.6. The van der Waals surface area contributed by atoms with Crippen LogP contribution in [0.5, 0.6) is 0 Å². The average Bonchev–Trinajstić information content (AvgIpc) is 2.99. The Morgan fingerprint density at radius 3 is 2.88 bits per heavy atom. The van der Waals surface area contributed by atoms with Crippen LogP contribution >= 0.6 is 11.8 Å². The van der Waals surface area contributed by atoms with Gasteiger partial charge in [-0.25, -0.2) is 10.5 Å². The number of nitrogens with two attached hydrogens (primary N) is 2. The van der Waals surface area contributed by atoms with Gasteiger partial charge in [-0.3, -0.25) is 10.2 Å². The zero-order valence-electron chi connectivity index (χ0n) is 8.51. The first-order chi connectivity index (χ1) is 7.70. The molecule has 1 aliphatic carbocycles. The van der Waals surface area contributed by atoms with E-state index in [0.717, 1.165) is 12.8 Å². The van der Waals surface area contributed by atoms with E-state index < -0.39 is 0 Å². The predicted molar refractivity (Wildman–Crippen MR) is 59.9 cm³/mol. The molecule has 1 fully saturated rings. The van der Waals surface area contributed by atoms with Crippen LogP contribution < -0.4 is 22.4 Å². The summed E-state index contributed by atoms with van der Waals surface area (Å²) >= 11 is 1.22. The minimum atomic E-state index is -0.0160. The monoisotopic (exact) mass is 243 g/mol. The first-order valence-electron chi connectivity index (χ1n) is 4.80. The van der Waals surface area contributed by atoms with Crippen LogP contribution in [0.2, 0.25) is 0 Å². The van der Waals surface area contributed by atoms with Gasteiger partial charge in [0.15, 0.2) is 0 Å². The number of hydrazine groups is 1. The number of rotatable bonds is 5. The molecule has 0 radical (unpaired) electrons. The van der Waals surface area contributed by atoms with Crippen molar-refractivity contribution in [2.75, 3.05) is 17.0 Å². The van der Waals surface area contributed by atoms with Crippen molar-refractivity contribution >= 4 is 23.6 Å². The number of anilines is 1. The molecule has 8 nitrogen and oxygen atoms in total. The molecule has 6 N–H and O–H groups in total. The summed E-state index contributed by atoms with van der Waals surface area (Å²) in [7, 11) is 0. The van der Waals surface area contributed by atoms with Crippen molar-refractivity contribution in [2.45, 2.75) is 24.0 Å². The maximum Gasteiger partial charge on any atom is 0.258 e. The third-order valence-electron chi connectivity index (χ3n) is 2.07. The van der Waals surface area contributed by atoms with Gasteiger partial charge in [-0.2, -0.15) is 0 Å². The number of carbonyl (C=O) groups is 1. The molecule has 9 heteroatoms. The molecule has 0 aromatic carbocycles. The number of hydrogen-bond donors (Lipinski definition) is 4. The Morgan fingerprint density at radius 1 is 1.56 bits per heavy atom. The summed E-state index contributed by atoms with van der Waals surface area (Å²) in [6.45, 7) is 0. The number of carbonyl (C=O) groups excluding carboxylic acids is 1. The number of nitrogen functional groups attached to an aromatic ring is 2. The van der Waals surface area contributed by atoms with Crippen LogP contribution in [-0.4, -0.2) is 32.6 Å². The molecule has 1 heterocycles. The topological polar surface area (TPSA) is 124 Å². The smallest absolute Gasteiger partial charge is 0.258 e. The van der Waals surface area contributed by atoms with Crippen LogP contribution in [0.3, 0.4) is 0 Å². The molecule has 1 amide bonds. The van der Waals surface area contributed by atoms with Gasteiger partial charge in [0.2, 0.25) is 11.1 Å². The Hall–Kier alpha value is -1.48. The highest BCUT2D eigenvalue weighted by atomic mass is 32.2. The van der Waals surface area contributed by atoms with Gasteiger partial charge in [-0.15, -0.1) is 10.2 Å². The molecule has 0 unspecified atom stereocenters. The van der Waals surface area contributed by atoms with E-state index in [2.05, 4.69) is 20.9 Å². The Balaban J connectivity index is 1.83. The van der Waals surface area contributed by atoms with Crippen molar-refractivity contribution < 1.29 is 4.79 Å². The van der Waals surface area contributed by atoms with Gasteiger partial charge in [0.25, 0.3) is 5.95 Å². The lowest BCUT2D eigenvalue weighted by Crippen LogP contribution is -2.27. The number of nitrogens with zero attached hydrogens (tertiary/aromatic N) is 3. The second-order valence-corrected chi connectivity index (χ2v) is 4.39. The maximum atomic E-state index is 11.4. The second-order valence-electron chi connectivity index (χ2n) is 3.45. The number of nitrogens with one attached hydrogen (secondary N) is 2. The van der Waals surface area contributed by atoms with E-state index in [-0.39, 0.29) is 17.6 Å². The van der Waals surface area contributed by atoms with Crippen LogP contribution in [0.25, 0.3) is 0 Å². The summed E-state index contributed by atoms with van der Waals surface area (Å²) in [5.74, 6) is 11.3. The normalized spacial score (nSPS) is 14.8. The van der Waals surface area contributed by atoms with Crippen molar-refractivity contribution in [2.24, 2.45) is 5.84 Å². The van der Waals surface area contributed by atoms with Gasteiger partial charge >= 0.3 is 0 Å². The SMILES string of the molecule is NNc1nnc(SCC(=O)NC2CC2)n1N. The molecule has 1 aromatic heterocycles. The summed E-state index contributed by atoms with van der Waals surface area (Å²) in [4.78, 5) is 11.4. The van der Waals surface area contributed by atoms with Gasteiger partial charge in [0.1, 0.15) is 0 Å². The van der Waals surface area contributed by atoms with E-state index in [9.17, 15) is 4.79 Å². The number of hydrogen-bond acceptors (Lipinski definition) is 7. The highest BCUT2D eigenvalue weighted by Crippen LogP contribution is 2.20. The van der Waals surface area contributed by atoms with Crippen molar-refractivity contribution in [1.82, 2.24) is 20.2 Å². The van der Waals surface area contributed by atoms with Gasteiger partial charge < -0.3 is 11.2 Å². The lowest BCUT2D eigenvalue weighted by Gasteiger charge is -2.03. The molecule has 0 spiro atoms. The lowest BCUT2D eigenvalue weighted by molar-refractivity contribution is -0.118. The summed E-state index contributed by atoms with van der Waals surface area (Å²) < 4.78 is 1.20. The fraction of sp³-hybridized carbons (Fsp3) is 0.571. The molecular weight excluding hydrogens is 230 g/mol. The summed E-state index contributed by atoms with van der Waals surface area (Å²) in [6, 6.07) is 0.366. The third kappa shape index (κ3) is 2.55. The van der Waals surface area contributed by atoms with E-state index in [4.69, 9.17) is 11.7 Å². The minimum absolute atomic E-state index is 0.0160. The first kappa shape index (κ1) is 11.0. The van der Waals surface area contributed by atoms with E-state index >= 15 is 0 Å². The minimum Gasteiger partial charge on any atom is -0.353 e. The molecule has 0 atom stereocenters. The maximum absolute atomic E-state index is 11.4. The molecule has 1 aliphatic rings. The Morgan fingerprint density at radius 2 is 2.31 bits per heavy atom. The molecular formula is C7H13N7OS. The van der Waals surface area contributed by atoms with E-state index in [1.54, 1.807) is 0 Å². The largest absolute Gasteiger partial charge is 0.353 e. The first-order valence-corrected chi connectivity index (χ1v) is 5.78. The average molecular weight is 243 g/mol. The van der Waals surface area contributed by atoms with Gasteiger partial charge in [0.05, 0.1) is 5.75 Å². The fourth-order valence-corrected chi connectivity index (χ4v) is 1.77. The van der Waals surface area contributed by atoms with Crippen molar-refractivity contribution in [1.29, 1.82) is 0 Å². The second kappa shape index (κ2) is 4.58. The molecule has 88 valence electrons. The highest BCUT2D eigenvalue weighted by Gasteiger charge is 2.23. The molecule has 16 heavy (non-hydrogen) atoms. The Labute approximate surface area is 96.1 Å². The molecule has 0 aliphatic heterocycles. The summed E-state index contributed by atoms with van der Waals surface area (Å²) in [5.41, 5.74) is 2.30. The van der Waals surface area contributed by atoms with Crippen molar-refractivity contribution in [3.05, 3.63) is 0 Å². The van der Waals surface area contributed by atoms with E-state index in [0.29, 0.717) is 11.2 Å². The van der Waals surface area contributed by atoms with Crippen LogP contribution in [0.1, 0.15) is 12.8 Å². The Bertz CT molecular complexity index is 388. The molecule has 1 saturated carbocycles. The van der Waals surface area contributed by atoms with Crippen LogP contribution in [0, 0.1) is 0 Å². The quantitative estimate of drug-likeness (QED) is 0.286.